The Bertz CT molecular complexity index is 481. The van der Waals surface area contributed by atoms with Crippen molar-refractivity contribution in [2.24, 2.45) is 5.73 Å². The van der Waals surface area contributed by atoms with E-state index >= 15 is 0 Å². The van der Waals surface area contributed by atoms with Gasteiger partial charge in [0, 0.05) is 17.3 Å². The lowest BCUT2D eigenvalue weighted by Crippen LogP contribution is -2.16. The lowest BCUT2D eigenvalue weighted by Gasteiger charge is -2.07. The third-order valence-electron chi connectivity index (χ3n) is 1.94. The summed E-state index contributed by atoms with van der Waals surface area (Å²) in [5.41, 5.74) is 6.09. The minimum atomic E-state index is 0.252. The first kappa shape index (κ1) is 11.0. The highest BCUT2D eigenvalue weighted by Gasteiger charge is 2.06. The van der Waals surface area contributed by atoms with Crippen LogP contribution < -0.4 is 11.1 Å². The van der Waals surface area contributed by atoms with Crippen LogP contribution in [0.25, 0.3) is 0 Å². The minimum Gasteiger partial charge on any atom is -0.388 e. The zero-order chi connectivity index (χ0) is 11.4. The summed E-state index contributed by atoms with van der Waals surface area (Å²) < 4.78 is 0. The fourth-order valence-corrected chi connectivity index (χ4v) is 2.03. The van der Waals surface area contributed by atoms with Gasteiger partial charge in [-0.2, -0.15) is 0 Å². The van der Waals surface area contributed by atoms with Crippen LogP contribution >= 0.6 is 23.6 Å². The molecule has 0 bridgehead atoms. The Morgan fingerprint density at radius 3 is 2.94 bits per heavy atom. The second kappa shape index (κ2) is 5.00. The van der Waals surface area contributed by atoms with Gasteiger partial charge in [0.2, 0.25) is 0 Å². The smallest absolute Gasteiger partial charge is 0.155 e. The van der Waals surface area contributed by atoms with Gasteiger partial charge in [-0.15, -0.1) is 11.3 Å². The molecule has 0 saturated heterocycles. The summed E-state index contributed by atoms with van der Waals surface area (Å²) in [6.45, 7) is 0.700. The Balaban J connectivity index is 2.12. The predicted octanol–water partition coefficient (Wildman–Crippen LogP) is 1.78. The molecule has 2 aromatic heterocycles. The third-order valence-corrected chi connectivity index (χ3v) is 3.01. The van der Waals surface area contributed by atoms with Crippen LogP contribution in [0.4, 0.5) is 5.82 Å². The van der Waals surface area contributed by atoms with E-state index in [0.29, 0.717) is 18.1 Å². The lowest BCUT2D eigenvalue weighted by molar-refractivity contribution is 1.10. The molecule has 0 aliphatic rings. The van der Waals surface area contributed by atoms with E-state index in [-0.39, 0.29) is 4.99 Å². The average molecular weight is 250 g/mol. The van der Waals surface area contributed by atoms with E-state index in [1.807, 2.05) is 11.4 Å². The van der Waals surface area contributed by atoms with Gasteiger partial charge in [-0.25, -0.2) is 9.97 Å². The molecule has 6 heteroatoms. The highest BCUT2D eigenvalue weighted by molar-refractivity contribution is 7.80. The van der Waals surface area contributed by atoms with Crippen molar-refractivity contribution in [3.8, 4) is 0 Å². The Hall–Kier alpha value is -1.53. The number of rotatable bonds is 4. The van der Waals surface area contributed by atoms with Gasteiger partial charge in [0.1, 0.15) is 10.7 Å². The van der Waals surface area contributed by atoms with Gasteiger partial charge in [-0.1, -0.05) is 18.3 Å². The van der Waals surface area contributed by atoms with Crippen molar-refractivity contribution in [1.82, 2.24) is 9.97 Å². The van der Waals surface area contributed by atoms with Gasteiger partial charge >= 0.3 is 0 Å². The second-order valence-corrected chi connectivity index (χ2v) is 4.52. The van der Waals surface area contributed by atoms with Crippen molar-refractivity contribution in [1.29, 1.82) is 0 Å². The van der Waals surface area contributed by atoms with Gasteiger partial charge in [-0.05, 0) is 11.4 Å². The number of thiophene rings is 1. The fraction of sp³-hybridized carbons (Fsp3) is 0.100. The molecule has 0 aliphatic heterocycles. The number of nitrogens with one attached hydrogen (secondary N) is 1. The standard InChI is InChI=1S/C10H10N4S2/c11-9(15)8-10(13-4-3-12-8)14-6-7-2-1-5-16-7/h1-5H,6H2,(H2,11,15)(H,13,14). The summed E-state index contributed by atoms with van der Waals surface area (Å²) in [5.74, 6) is 0.628. The molecule has 4 nitrogen and oxygen atoms in total. The molecule has 0 saturated carbocycles. The fourth-order valence-electron chi connectivity index (χ4n) is 1.23. The Morgan fingerprint density at radius 2 is 2.25 bits per heavy atom. The van der Waals surface area contributed by atoms with Crippen LogP contribution in [-0.2, 0) is 6.54 Å². The first-order valence-electron chi connectivity index (χ1n) is 4.64. The van der Waals surface area contributed by atoms with Crippen molar-refractivity contribution in [3.63, 3.8) is 0 Å². The monoisotopic (exact) mass is 250 g/mol. The molecule has 82 valence electrons. The molecule has 0 radical (unpaired) electrons. The largest absolute Gasteiger partial charge is 0.388 e. The Kier molecular flexibility index (Phi) is 3.43. The van der Waals surface area contributed by atoms with Crippen LogP contribution in [0.3, 0.4) is 0 Å². The van der Waals surface area contributed by atoms with Crippen molar-refractivity contribution in [3.05, 3.63) is 40.5 Å². The maximum Gasteiger partial charge on any atom is 0.155 e. The summed E-state index contributed by atoms with van der Waals surface area (Å²) in [7, 11) is 0. The summed E-state index contributed by atoms with van der Waals surface area (Å²) >= 11 is 6.58. The van der Waals surface area contributed by atoms with E-state index in [2.05, 4.69) is 21.4 Å². The van der Waals surface area contributed by atoms with Crippen LogP contribution in [0.1, 0.15) is 10.6 Å². The first-order chi connectivity index (χ1) is 7.77. The number of anilines is 1. The van der Waals surface area contributed by atoms with E-state index in [1.54, 1.807) is 23.7 Å². The number of thiocarbonyl (C=S) groups is 1. The molecule has 2 aromatic rings. The number of nitrogens with zero attached hydrogens (tertiary/aromatic N) is 2. The van der Waals surface area contributed by atoms with Gasteiger partial charge in [-0.3, -0.25) is 0 Å². The number of nitrogens with two attached hydrogens (primary N) is 1. The highest BCUT2D eigenvalue weighted by atomic mass is 32.1. The van der Waals surface area contributed by atoms with Crippen LogP contribution in [0.2, 0.25) is 0 Å². The van der Waals surface area contributed by atoms with Crippen LogP contribution in [0.15, 0.2) is 29.9 Å². The van der Waals surface area contributed by atoms with Crippen molar-refractivity contribution >= 4 is 34.4 Å². The van der Waals surface area contributed by atoms with Gasteiger partial charge in [0.25, 0.3) is 0 Å². The molecule has 0 unspecified atom stereocenters. The van der Waals surface area contributed by atoms with Crippen LogP contribution in [0.5, 0.6) is 0 Å². The SMILES string of the molecule is NC(=S)c1nccnc1NCc1cccs1. The van der Waals surface area contributed by atoms with Crippen LogP contribution in [-0.4, -0.2) is 15.0 Å². The Morgan fingerprint density at radius 1 is 1.44 bits per heavy atom. The maximum absolute atomic E-state index is 5.56. The normalized spacial score (nSPS) is 10.0. The summed E-state index contributed by atoms with van der Waals surface area (Å²) in [6, 6.07) is 4.06. The summed E-state index contributed by atoms with van der Waals surface area (Å²) in [4.78, 5) is 9.73. The first-order valence-corrected chi connectivity index (χ1v) is 5.93. The molecule has 2 heterocycles. The van der Waals surface area contributed by atoms with E-state index in [4.69, 9.17) is 18.0 Å². The Labute approximate surface area is 103 Å². The molecular formula is C10H10N4S2. The zero-order valence-electron chi connectivity index (χ0n) is 8.38. The molecule has 0 aliphatic carbocycles. The molecule has 16 heavy (non-hydrogen) atoms. The number of aromatic nitrogens is 2. The van der Waals surface area contributed by atoms with Crippen molar-refractivity contribution in [2.45, 2.75) is 6.54 Å². The summed E-state index contributed by atoms with van der Waals surface area (Å²) in [5, 5.41) is 5.20. The number of hydrogen-bond acceptors (Lipinski definition) is 5. The van der Waals surface area contributed by atoms with Crippen molar-refractivity contribution < 1.29 is 0 Å². The molecule has 3 N–H and O–H groups in total. The summed E-state index contributed by atoms with van der Waals surface area (Å²) in [6.07, 6.45) is 3.18. The number of hydrogen-bond donors (Lipinski definition) is 2. The molecule has 0 spiro atoms. The highest BCUT2D eigenvalue weighted by Crippen LogP contribution is 2.13. The topological polar surface area (TPSA) is 63.8 Å². The van der Waals surface area contributed by atoms with Crippen molar-refractivity contribution in [2.75, 3.05) is 5.32 Å². The molecule has 0 amide bonds. The van der Waals surface area contributed by atoms with Crippen LogP contribution in [0, 0.1) is 0 Å². The van der Waals surface area contributed by atoms with Gasteiger partial charge in [0.15, 0.2) is 5.82 Å². The predicted molar refractivity (Wildman–Crippen MR) is 69.6 cm³/mol. The molecule has 2 rings (SSSR count). The average Bonchev–Trinajstić information content (AvgIpc) is 2.79. The molecule has 0 atom stereocenters. The lowest BCUT2D eigenvalue weighted by atomic mass is 10.4. The third kappa shape index (κ3) is 2.53. The van der Waals surface area contributed by atoms with E-state index < -0.39 is 0 Å². The second-order valence-electron chi connectivity index (χ2n) is 3.05. The zero-order valence-corrected chi connectivity index (χ0v) is 10.0. The van der Waals surface area contributed by atoms with E-state index in [9.17, 15) is 0 Å². The molecular weight excluding hydrogens is 240 g/mol. The van der Waals surface area contributed by atoms with Gasteiger partial charge in [0.05, 0.1) is 6.54 Å². The van der Waals surface area contributed by atoms with E-state index in [1.165, 1.54) is 4.88 Å². The maximum atomic E-state index is 5.56. The minimum absolute atomic E-state index is 0.252. The van der Waals surface area contributed by atoms with Gasteiger partial charge < -0.3 is 11.1 Å². The quantitative estimate of drug-likeness (QED) is 0.810. The molecule has 0 aromatic carbocycles. The molecule has 0 fully saturated rings. The van der Waals surface area contributed by atoms with E-state index in [0.717, 1.165) is 0 Å².